The molecule has 1 atom stereocenters. The fourth-order valence-electron chi connectivity index (χ4n) is 2.58. The number of likely N-dealkylation sites (N-methyl/N-ethyl adjacent to an activating group) is 1. The summed E-state index contributed by atoms with van der Waals surface area (Å²) in [7, 11) is 5.35. The van der Waals surface area contributed by atoms with Crippen molar-refractivity contribution >= 4 is 23.5 Å². The Morgan fingerprint density at radius 3 is 2.11 bits per heavy atom. The third-order valence-electron chi connectivity index (χ3n) is 4.18. The highest BCUT2D eigenvalue weighted by atomic mass is 16.5. The van der Waals surface area contributed by atoms with E-state index in [0.717, 1.165) is 11.3 Å². The van der Waals surface area contributed by atoms with E-state index in [2.05, 4.69) is 10.6 Å². The van der Waals surface area contributed by atoms with Gasteiger partial charge < -0.3 is 25.4 Å². The molecule has 0 spiro atoms. The number of hydrogen-bond donors (Lipinski definition) is 3. The molecule has 2 aromatic carbocycles. The molecule has 2 amide bonds. The maximum absolute atomic E-state index is 12.1. The van der Waals surface area contributed by atoms with Gasteiger partial charge >= 0.3 is 17.8 Å². The minimum atomic E-state index is -1.07. The quantitative estimate of drug-likeness (QED) is 0.627. The van der Waals surface area contributed by atoms with E-state index in [9.17, 15) is 14.4 Å². The average molecular weight is 385 g/mol. The number of ether oxygens (including phenoxy) is 1. The summed E-state index contributed by atoms with van der Waals surface area (Å²) in [5.74, 6) is -1.93. The Bertz CT molecular complexity index is 832. The van der Waals surface area contributed by atoms with Crippen LogP contribution in [0.1, 0.15) is 22.0 Å². The number of carbonyl (C=O) groups is 3. The van der Waals surface area contributed by atoms with Crippen LogP contribution in [0.3, 0.4) is 0 Å². The molecular formula is C20H23N3O5. The number of aromatic carboxylic acids is 1. The van der Waals surface area contributed by atoms with Crippen LogP contribution in [-0.4, -0.2) is 55.5 Å². The Morgan fingerprint density at radius 1 is 1.00 bits per heavy atom. The molecule has 0 heterocycles. The van der Waals surface area contributed by atoms with Crippen LogP contribution in [0, 0.1) is 0 Å². The lowest BCUT2D eigenvalue weighted by atomic mass is 10.1. The van der Waals surface area contributed by atoms with E-state index in [1.807, 2.05) is 43.3 Å². The summed E-state index contributed by atoms with van der Waals surface area (Å²) in [5.41, 5.74) is 1.40. The first-order valence-electron chi connectivity index (χ1n) is 8.54. The Balaban J connectivity index is 1.95. The minimum Gasteiger partial charge on any atom is -0.497 e. The summed E-state index contributed by atoms with van der Waals surface area (Å²) < 4.78 is 5.15. The van der Waals surface area contributed by atoms with Crippen LogP contribution in [0.15, 0.2) is 48.5 Å². The predicted molar refractivity (Wildman–Crippen MR) is 104 cm³/mol. The van der Waals surface area contributed by atoms with Gasteiger partial charge in [0.1, 0.15) is 5.75 Å². The van der Waals surface area contributed by atoms with Crippen molar-refractivity contribution in [2.75, 3.05) is 33.1 Å². The van der Waals surface area contributed by atoms with Crippen molar-refractivity contribution in [2.45, 2.75) is 6.04 Å². The number of anilines is 1. The topological polar surface area (TPSA) is 108 Å². The van der Waals surface area contributed by atoms with Crippen LogP contribution in [0.4, 0.5) is 5.69 Å². The Labute approximate surface area is 163 Å². The third-order valence-corrected chi connectivity index (χ3v) is 4.18. The normalized spacial score (nSPS) is 11.6. The Kier molecular flexibility index (Phi) is 7.11. The Morgan fingerprint density at radius 2 is 1.61 bits per heavy atom. The van der Waals surface area contributed by atoms with Gasteiger partial charge in [0.05, 0.1) is 18.7 Å². The second-order valence-corrected chi connectivity index (χ2v) is 6.30. The number of carboxylic acids is 1. The largest absolute Gasteiger partial charge is 0.497 e. The fourth-order valence-corrected chi connectivity index (χ4v) is 2.58. The van der Waals surface area contributed by atoms with Crippen LogP contribution in [0.2, 0.25) is 0 Å². The number of carbonyl (C=O) groups excluding carboxylic acids is 2. The SMILES string of the molecule is COc1ccc([C@H](CNC(=O)C(=O)Nc2ccc(C(=O)O)cc2)N(C)C)cc1. The smallest absolute Gasteiger partial charge is 0.335 e. The van der Waals surface area contributed by atoms with Crippen LogP contribution in [0.5, 0.6) is 5.75 Å². The molecule has 0 unspecified atom stereocenters. The second-order valence-electron chi connectivity index (χ2n) is 6.30. The van der Waals surface area contributed by atoms with Gasteiger partial charge in [0, 0.05) is 12.2 Å². The number of carboxylic acid groups (broad SMARTS) is 1. The lowest BCUT2D eigenvalue weighted by molar-refractivity contribution is -0.136. The molecule has 0 aromatic heterocycles. The first kappa shape index (κ1) is 20.9. The summed E-state index contributed by atoms with van der Waals surface area (Å²) in [4.78, 5) is 37.0. The molecule has 2 rings (SSSR count). The zero-order chi connectivity index (χ0) is 20.7. The molecule has 0 aliphatic rings. The van der Waals surface area contributed by atoms with Gasteiger partial charge in [-0.05, 0) is 56.1 Å². The van der Waals surface area contributed by atoms with E-state index in [-0.39, 0.29) is 18.2 Å². The summed E-state index contributed by atoms with van der Waals surface area (Å²) >= 11 is 0. The first-order chi connectivity index (χ1) is 13.3. The van der Waals surface area contributed by atoms with Crippen LogP contribution >= 0.6 is 0 Å². The molecule has 0 aliphatic heterocycles. The maximum atomic E-state index is 12.1. The number of benzene rings is 2. The number of rotatable bonds is 7. The molecule has 0 bridgehead atoms. The molecule has 0 fully saturated rings. The highest BCUT2D eigenvalue weighted by Crippen LogP contribution is 2.20. The molecule has 3 N–H and O–H groups in total. The number of nitrogens with one attached hydrogen (secondary N) is 2. The minimum absolute atomic E-state index is 0.0933. The summed E-state index contributed by atoms with van der Waals surface area (Å²) in [6.45, 7) is 0.240. The molecule has 2 aromatic rings. The van der Waals surface area contributed by atoms with Crippen molar-refractivity contribution in [3.63, 3.8) is 0 Å². The molecule has 0 radical (unpaired) electrons. The van der Waals surface area contributed by atoms with Crippen LogP contribution in [-0.2, 0) is 9.59 Å². The zero-order valence-corrected chi connectivity index (χ0v) is 15.9. The molecule has 0 saturated carbocycles. The van der Waals surface area contributed by atoms with Crippen molar-refractivity contribution in [3.05, 3.63) is 59.7 Å². The number of nitrogens with zero attached hydrogens (tertiary/aromatic N) is 1. The monoisotopic (exact) mass is 385 g/mol. The van der Waals surface area contributed by atoms with Gasteiger partial charge in [-0.15, -0.1) is 0 Å². The number of hydrogen-bond acceptors (Lipinski definition) is 5. The van der Waals surface area contributed by atoms with Crippen molar-refractivity contribution < 1.29 is 24.2 Å². The second kappa shape index (κ2) is 9.52. The molecule has 8 nitrogen and oxygen atoms in total. The fraction of sp³-hybridized carbons (Fsp3) is 0.250. The van der Waals surface area contributed by atoms with Gasteiger partial charge in [-0.1, -0.05) is 12.1 Å². The van der Waals surface area contributed by atoms with E-state index >= 15 is 0 Å². The lowest BCUT2D eigenvalue weighted by Crippen LogP contribution is -2.40. The van der Waals surface area contributed by atoms with Crippen molar-refractivity contribution in [1.29, 1.82) is 0 Å². The van der Waals surface area contributed by atoms with Crippen LogP contribution < -0.4 is 15.4 Å². The van der Waals surface area contributed by atoms with Crippen molar-refractivity contribution in [2.24, 2.45) is 0 Å². The van der Waals surface area contributed by atoms with Gasteiger partial charge in [0.25, 0.3) is 0 Å². The average Bonchev–Trinajstić information content (AvgIpc) is 2.68. The van der Waals surface area contributed by atoms with Gasteiger partial charge in [0.2, 0.25) is 0 Å². The van der Waals surface area contributed by atoms with Crippen LogP contribution in [0.25, 0.3) is 0 Å². The molecule has 28 heavy (non-hydrogen) atoms. The van der Waals surface area contributed by atoms with E-state index in [4.69, 9.17) is 9.84 Å². The van der Waals surface area contributed by atoms with E-state index < -0.39 is 17.8 Å². The standard InChI is InChI=1S/C20H23N3O5/c1-23(2)17(13-6-10-16(28-3)11-7-13)12-21-18(24)19(25)22-15-8-4-14(5-9-15)20(26)27/h4-11,17H,12H2,1-3H3,(H,21,24)(H,22,25)(H,26,27)/t17-/m0/s1. The third kappa shape index (κ3) is 5.55. The first-order valence-corrected chi connectivity index (χ1v) is 8.54. The lowest BCUT2D eigenvalue weighted by Gasteiger charge is -2.25. The Hall–Kier alpha value is -3.39. The van der Waals surface area contributed by atoms with E-state index in [1.54, 1.807) is 7.11 Å². The molecular weight excluding hydrogens is 362 g/mol. The molecule has 0 aliphatic carbocycles. The van der Waals surface area contributed by atoms with E-state index in [0.29, 0.717) is 5.69 Å². The predicted octanol–water partition coefficient (Wildman–Crippen LogP) is 1.75. The number of methoxy groups -OCH3 is 1. The van der Waals surface area contributed by atoms with E-state index in [1.165, 1.54) is 24.3 Å². The summed E-state index contributed by atoms with van der Waals surface area (Å²) in [6, 6.07) is 12.9. The summed E-state index contributed by atoms with van der Waals surface area (Å²) in [5, 5.41) is 13.9. The van der Waals surface area contributed by atoms with Gasteiger partial charge in [0.15, 0.2) is 0 Å². The maximum Gasteiger partial charge on any atom is 0.335 e. The van der Waals surface area contributed by atoms with Gasteiger partial charge in [-0.2, -0.15) is 0 Å². The number of amides is 2. The van der Waals surface area contributed by atoms with Crippen molar-refractivity contribution in [3.8, 4) is 5.75 Å². The summed E-state index contributed by atoms with van der Waals surface area (Å²) in [6.07, 6.45) is 0. The van der Waals surface area contributed by atoms with Gasteiger partial charge in [-0.25, -0.2) is 4.79 Å². The molecule has 8 heteroatoms. The highest BCUT2D eigenvalue weighted by Gasteiger charge is 2.19. The molecule has 0 saturated heterocycles. The zero-order valence-electron chi connectivity index (χ0n) is 15.9. The van der Waals surface area contributed by atoms with Crippen molar-refractivity contribution in [1.82, 2.24) is 10.2 Å². The molecule has 148 valence electrons. The highest BCUT2D eigenvalue weighted by molar-refractivity contribution is 6.39. The van der Waals surface area contributed by atoms with Gasteiger partial charge in [-0.3, -0.25) is 9.59 Å².